The molecule has 0 atom stereocenters. The molecule has 0 saturated heterocycles. The Labute approximate surface area is 127 Å². The van der Waals surface area contributed by atoms with Crippen LogP contribution in [0.4, 0.5) is 0 Å². The average Bonchev–Trinajstić information content (AvgIpc) is 2.39. The first-order valence-electron chi connectivity index (χ1n) is 6.43. The van der Waals surface area contributed by atoms with Crippen LogP contribution in [0.25, 0.3) is 0 Å². The van der Waals surface area contributed by atoms with Gasteiger partial charge in [0, 0.05) is 12.1 Å². The molecule has 0 aliphatic rings. The summed E-state index contributed by atoms with van der Waals surface area (Å²) in [6.45, 7) is 6.94. The van der Waals surface area contributed by atoms with Gasteiger partial charge >= 0.3 is 0 Å². The first-order valence-corrected chi connectivity index (χ1v) is 7.22. The lowest BCUT2D eigenvalue weighted by Crippen LogP contribution is -2.05. The molecule has 0 amide bonds. The maximum absolute atomic E-state index is 5.78. The van der Waals surface area contributed by atoms with E-state index in [1.165, 1.54) is 6.33 Å². The first-order chi connectivity index (χ1) is 9.54. The van der Waals surface area contributed by atoms with Crippen LogP contribution in [-0.2, 0) is 0 Å². The third-order valence-corrected chi connectivity index (χ3v) is 3.00. The Morgan fingerprint density at radius 1 is 1.20 bits per heavy atom. The number of rotatable bonds is 5. The zero-order valence-electron chi connectivity index (χ0n) is 11.8. The standard InChI is InChI=1S/C15H17BrN2O2/c1-10(2)8-19-13-6-12(5-4-11(13)3)20-15-7-14(16)17-9-18-15/h4-7,9-10H,8H2,1-3H3. The molecule has 0 fully saturated rings. The summed E-state index contributed by atoms with van der Waals surface area (Å²) in [5, 5.41) is 0. The molecule has 0 spiro atoms. The van der Waals surface area contributed by atoms with Crippen molar-refractivity contribution >= 4 is 15.9 Å². The Morgan fingerprint density at radius 3 is 2.70 bits per heavy atom. The number of benzene rings is 1. The summed E-state index contributed by atoms with van der Waals surface area (Å²) in [5.74, 6) is 2.51. The first kappa shape index (κ1) is 14.8. The molecule has 0 bridgehead atoms. The van der Waals surface area contributed by atoms with Gasteiger partial charge in [-0.2, -0.15) is 0 Å². The van der Waals surface area contributed by atoms with E-state index in [2.05, 4.69) is 39.7 Å². The van der Waals surface area contributed by atoms with Gasteiger partial charge in [0.15, 0.2) is 0 Å². The topological polar surface area (TPSA) is 44.2 Å². The predicted octanol–water partition coefficient (Wildman–Crippen LogP) is 4.37. The Kier molecular flexibility index (Phi) is 4.95. The Morgan fingerprint density at radius 2 is 2.00 bits per heavy atom. The fourth-order valence-corrected chi connectivity index (χ4v) is 1.84. The van der Waals surface area contributed by atoms with Gasteiger partial charge < -0.3 is 9.47 Å². The van der Waals surface area contributed by atoms with Crippen LogP contribution in [0.2, 0.25) is 0 Å². The van der Waals surface area contributed by atoms with Crippen molar-refractivity contribution in [2.75, 3.05) is 6.61 Å². The second kappa shape index (κ2) is 6.70. The van der Waals surface area contributed by atoms with Gasteiger partial charge in [0.1, 0.15) is 22.4 Å². The van der Waals surface area contributed by atoms with Crippen LogP contribution in [0, 0.1) is 12.8 Å². The SMILES string of the molecule is Cc1ccc(Oc2cc(Br)ncn2)cc1OCC(C)C. The van der Waals surface area contributed by atoms with E-state index >= 15 is 0 Å². The van der Waals surface area contributed by atoms with Crippen LogP contribution in [0.3, 0.4) is 0 Å². The normalized spacial score (nSPS) is 10.7. The molecular weight excluding hydrogens is 320 g/mol. The van der Waals surface area contributed by atoms with Crippen LogP contribution < -0.4 is 9.47 Å². The summed E-state index contributed by atoms with van der Waals surface area (Å²) in [7, 11) is 0. The van der Waals surface area contributed by atoms with Gasteiger partial charge in [-0.3, -0.25) is 0 Å². The average molecular weight is 337 g/mol. The summed E-state index contributed by atoms with van der Waals surface area (Å²) in [6.07, 6.45) is 1.45. The maximum atomic E-state index is 5.78. The molecule has 106 valence electrons. The van der Waals surface area contributed by atoms with E-state index in [1.807, 2.05) is 25.1 Å². The molecule has 0 aliphatic carbocycles. The van der Waals surface area contributed by atoms with Crippen molar-refractivity contribution in [2.45, 2.75) is 20.8 Å². The van der Waals surface area contributed by atoms with E-state index in [0.717, 1.165) is 11.3 Å². The molecule has 2 rings (SSSR count). The zero-order chi connectivity index (χ0) is 14.5. The summed E-state index contributed by atoms with van der Waals surface area (Å²) >= 11 is 3.29. The minimum Gasteiger partial charge on any atom is -0.493 e. The predicted molar refractivity (Wildman–Crippen MR) is 81.3 cm³/mol. The number of halogens is 1. The molecule has 0 saturated carbocycles. The summed E-state index contributed by atoms with van der Waals surface area (Å²) < 4.78 is 12.2. The molecular formula is C15H17BrN2O2. The number of aromatic nitrogens is 2. The zero-order valence-corrected chi connectivity index (χ0v) is 13.3. The smallest absolute Gasteiger partial charge is 0.223 e. The minimum atomic E-state index is 0.483. The van der Waals surface area contributed by atoms with E-state index in [0.29, 0.717) is 28.8 Å². The van der Waals surface area contributed by atoms with Crippen LogP contribution in [0.5, 0.6) is 17.4 Å². The second-order valence-corrected chi connectivity index (χ2v) is 5.73. The third-order valence-electron chi connectivity index (χ3n) is 2.56. The van der Waals surface area contributed by atoms with Gasteiger partial charge in [-0.25, -0.2) is 9.97 Å². The van der Waals surface area contributed by atoms with Gasteiger partial charge in [0.25, 0.3) is 0 Å². The van der Waals surface area contributed by atoms with Crippen molar-refractivity contribution in [3.63, 3.8) is 0 Å². The molecule has 5 heteroatoms. The van der Waals surface area contributed by atoms with Gasteiger partial charge in [0.05, 0.1) is 6.61 Å². The Balaban J connectivity index is 2.14. The van der Waals surface area contributed by atoms with E-state index in [4.69, 9.17) is 9.47 Å². The fraction of sp³-hybridized carbons (Fsp3) is 0.333. The van der Waals surface area contributed by atoms with E-state index in [9.17, 15) is 0 Å². The third kappa shape index (κ3) is 4.20. The summed E-state index contributed by atoms with van der Waals surface area (Å²) in [6, 6.07) is 7.47. The van der Waals surface area contributed by atoms with Crippen LogP contribution in [0.15, 0.2) is 35.2 Å². The quantitative estimate of drug-likeness (QED) is 0.760. The Hall–Kier alpha value is -1.62. The van der Waals surface area contributed by atoms with E-state index in [1.54, 1.807) is 6.07 Å². The second-order valence-electron chi connectivity index (χ2n) is 4.91. The molecule has 1 heterocycles. The van der Waals surface area contributed by atoms with Crippen molar-refractivity contribution in [2.24, 2.45) is 5.92 Å². The monoisotopic (exact) mass is 336 g/mol. The van der Waals surface area contributed by atoms with Gasteiger partial charge in [-0.15, -0.1) is 0 Å². The molecule has 1 aromatic heterocycles. The minimum absolute atomic E-state index is 0.483. The molecule has 0 radical (unpaired) electrons. The number of hydrogen-bond acceptors (Lipinski definition) is 4. The van der Waals surface area contributed by atoms with Crippen molar-refractivity contribution in [1.82, 2.24) is 9.97 Å². The number of ether oxygens (including phenoxy) is 2. The van der Waals surface area contributed by atoms with Gasteiger partial charge in [0.2, 0.25) is 5.88 Å². The Bertz CT molecular complexity index is 588. The van der Waals surface area contributed by atoms with Crippen molar-refractivity contribution in [1.29, 1.82) is 0 Å². The summed E-state index contributed by atoms with van der Waals surface area (Å²) in [5.41, 5.74) is 1.09. The lowest BCUT2D eigenvalue weighted by atomic mass is 10.2. The van der Waals surface area contributed by atoms with E-state index < -0.39 is 0 Å². The van der Waals surface area contributed by atoms with Crippen molar-refractivity contribution < 1.29 is 9.47 Å². The van der Waals surface area contributed by atoms with Crippen LogP contribution >= 0.6 is 15.9 Å². The lowest BCUT2D eigenvalue weighted by molar-refractivity contribution is 0.268. The molecule has 4 nitrogen and oxygen atoms in total. The highest BCUT2D eigenvalue weighted by Gasteiger charge is 2.06. The van der Waals surface area contributed by atoms with Crippen LogP contribution in [0.1, 0.15) is 19.4 Å². The largest absolute Gasteiger partial charge is 0.493 e. The van der Waals surface area contributed by atoms with Gasteiger partial charge in [-0.05, 0) is 40.4 Å². The molecule has 0 N–H and O–H groups in total. The number of hydrogen-bond donors (Lipinski definition) is 0. The molecule has 0 aliphatic heterocycles. The van der Waals surface area contributed by atoms with Crippen molar-refractivity contribution in [3.8, 4) is 17.4 Å². The van der Waals surface area contributed by atoms with Gasteiger partial charge in [-0.1, -0.05) is 19.9 Å². The lowest BCUT2D eigenvalue weighted by Gasteiger charge is -2.13. The highest BCUT2D eigenvalue weighted by Crippen LogP contribution is 2.28. The highest BCUT2D eigenvalue weighted by molar-refractivity contribution is 9.10. The van der Waals surface area contributed by atoms with E-state index in [-0.39, 0.29) is 0 Å². The molecule has 0 unspecified atom stereocenters. The molecule has 20 heavy (non-hydrogen) atoms. The molecule has 2 aromatic rings. The van der Waals surface area contributed by atoms with Crippen molar-refractivity contribution in [3.05, 3.63) is 40.8 Å². The maximum Gasteiger partial charge on any atom is 0.223 e. The number of aryl methyl sites for hydroxylation is 1. The molecule has 1 aromatic carbocycles. The van der Waals surface area contributed by atoms with Crippen LogP contribution in [-0.4, -0.2) is 16.6 Å². The fourth-order valence-electron chi connectivity index (χ4n) is 1.55. The number of nitrogens with zero attached hydrogens (tertiary/aromatic N) is 2. The highest BCUT2D eigenvalue weighted by atomic mass is 79.9. The summed E-state index contributed by atoms with van der Waals surface area (Å²) in [4.78, 5) is 8.02.